The van der Waals surface area contributed by atoms with Crippen molar-refractivity contribution >= 4 is 22.0 Å². The van der Waals surface area contributed by atoms with Gasteiger partial charge in [0.05, 0.1) is 18.8 Å². The molecule has 0 bridgehead atoms. The molecule has 1 aliphatic heterocycles. The van der Waals surface area contributed by atoms with Crippen molar-refractivity contribution in [3.63, 3.8) is 0 Å². The second-order valence-corrected chi connectivity index (χ2v) is 4.86. The molecule has 2 heterocycles. The number of pyridine rings is 1. The Morgan fingerprint density at radius 2 is 2.47 bits per heavy atom. The van der Waals surface area contributed by atoms with Crippen molar-refractivity contribution in [3.8, 4) is 0 Å². The molecule has 6 heteroatoms. The summed E-state index contributed by atoms with van der Waals surface area (Å²) in [6, 6.07) is 1.95. The van der Waals surface area contributed by atoms with Crippen LogP contribution in [-0.4, -0.2) is 40.8 Å². The number of carboxylic acid groups (broad SMARTS) is 1. The number of carbonyl (C=O) groups is 1. The zero-order valence-electron chi connectivity index (χ0n) is 9.39. The van der Waals surface area contributed by atoms with E-state index in [1.54, 1.807) is 6.20 Å². The van der Waals surface area contributed by atoms with E-state index in [4.69, 9.17) is 9.84 Å². The molecular formula is C11H13BrN2O3. The molecule has 17 heavy (non-hydrogen) atoms. The molecule has 1 aromatic heterocycles. The van der Waals surface area contributed by atoms with Crippen molar-refractivity contribution in [3.05, 3.63) is 28.0 Å². The first-order chi connectivity index (χ1) is 8.08. The number of amides is 1. The molecule has 1 unspecified atom stereocenters. The average molecular weight is 301 g/mol. The minimum Gasteiger partial charge on any atom is -0.465 e. The van der Waals surface area contributed by atoms with E-state index in [2.05, 4.69) is 20.9 Å². The lowest BCUT2D eigenvalue weighted by atomic mass is 10.1. The lowest BCUT2D eigenvalue weighted by Crippen LogP contribution is -2.41. The van der Waals surface area contributed by atoms with Crippen molar-refractivity contribution < 1.29 is 14.6 Å². The molecule has 1 atom stereocenters. The molecule has 1 N–H and O–H groups in total. The van der Waals surface area contributed by atoms with Crippen LogP contribution in [0.15, 0.2) is 16.7 Å². The first-order valence-corrected chi connectivity index (χ1v) is 6.08. The Labute approximate surface area is 108 Å². The SMILES string of the molecule is Cc1cc(Br)cnc1C1CN(C(=O)O)CCO1. The third-order valence-electron chi connectivity index (χ3n) is 2.73. The maximum Gasteiger partial charge on any atom is 0.407 e. The van der Waals surface area contributed by atoms with E-state index in [1.807, 2.05) is 13.0 Å². The third-order valence-corrected chi connectivity index (χ3v) is 3.16. The fourth-order valence-corrected chi connectivity index (χ4v) is 2.32. The molecule has 0 spiro atoms. The van der Waals surface area contributed by atoms with Crippen LogP contribution in [0.4, 0.5) is 4.79 Å². The first-order valence-electron chi connectivity index (χ1n) is 5.29. The Bertz CT molecular complexity index is 439. The molecule has 1 aliphatic rings. The fraction of sp³-hybridized carbons (Fsp3) is 0.455. The summed E-state index contributed by atoms with van der Waals surface area (Å²) in [6.45, 7) is 3.11. The predicted octanol–water partition coefficient (Wildman–Crippen LogP) is 2.20. The number of ether oxygens (including phenoxy) is 1. The van der Waals surface area contributed by atoms with Crippen LogP contribution in [0.1, 0.15) is 17.4 Å². The van der Waals surface area contributed by atoms with Gasteiger partial charge in [-0.15, -0.1) is 0 Å². The average Bonchev–Trinajstić information content (AvgIpc) is 2.29. The normalized spacial score (nSPS) is 20.4. The van der Waals surface area contributed by atoms with Crippen molar-refractivity contribution in [1.29, 1.82) is 0 Å². The Morgan fingerprint density at radius 1 is 1.71 bits per heavy atom. The molecule has 0 aromatic carbocycles. The number of rotatable bonds is 1. The highest BCUT2D eigenvalue weighted by Crippen LogP contribution is 2.24. The number of aromatic nitrogens is 1. The van der Waals surface area contributed by atoms with Gasteiger partial charge in [0.25, 0.3) is 0 Å². The zero-order chi connectivity index (χ0) is 12.4. The van der Waals surface area contributed by atoms with Crippen LogP contribution in [0, 0.1) is 6.92 Å². The zero-order valence-corrected chi connectivity index (χ0v) is 11.0. The molecule has 0 saturated carbocycles. The summed E-state index contributed by atoms with van der Waals surface area (Å²) >= 11 is 3.35. The predicted molar refractivity (Wildman–Crippen MR) is 65.0 cm³/mol. The van der Waals surface area contributed by atoms with Crippen LogP contribution in [-0.2, 0) is 4.74 Å². The van der Waals surface area contributed by atoms with E-state index >= 15 is 0 Å². The molecule has 2 rings (SSSR count). The van der Waals surface area contributed by atoms with Crippen molar-refractivity contribution in [1.82, 2.24) is 9.88 Å². The van der Waals surface area contributed by atoms with Gasteiger partial charge >= 0.3 is 6.09 Å². The Kier molecular flexibility index (Phi) is 3.63. The highest BCUT2D eigenvalue weighted by molar-refractivity contribution is 9.10. The molecule has 5 nitrogen and oxygen atoms in total. The molecule has 1 fully saturated rings. The van der Waals surface area contributed by atoms with Crippen molar-refractivity contribution in [2.75, 3.05) is 19.7 Å². The number of aryl methyl sites for hydroxylation is 1. The van der Waals surface area contributed by atoms with Crippen molar-refractivity contribution in [2.24, 2.45) is 0 Å². The largest absolute Gasteiger partial charge is 0.465 e. The van der Waals surface area contributed by atoms with Gasteiger partial charge in [0.15, 0.2) is 0 Å². The standard InChI is InChI=1S/C11H13BrN2O3/c1-7-4-8(12)5-13-10(7)9-6-14(11(15)16)2-3-17-9/h4-5,9H,2-3,6H2,1H3,(H,15,16). The minimum atomic E-state index is -0.909. The summed E-state index contributed by atoms with van der Waals surface area (Å²) in [6.07, 6.45) is 0.520. The third kappa shape index (κ3) is 2.76. The van der Waals surface area contributed by atoms with E-state index in [9.17, 15) is 4.79 Å². The maximum absolute atomic E-state index is 10.9. The Morgan fingerprint density at radius 3 is 3.12 bits per heavy atom. The van der Waals surface area contributed by atoms with E-state index in [1.165, 1.54) is 4.90 Å². The summed E-state index contributed by atoms with van der Waals surface area (Å²) in [7, 11) is 0. The summed E-state index contributed by atoms with van der Waals surface area (Å²) < 4.78 is 6.49. The summed E-state index contributed by atoms with van der Waals surface area (Å²) in [5, 5.41) is 8.96. The summed E-state index contributed by atoms with van der Waals surface area (Å²) in [5.74, 6) is 0. The first kappa shape index (κ1) is 12.3. The number of morpholine rings is 1. The van der Waals surface area contributed by atoms with Crippen molar-refractivity contribution in [2.45, 2.75) is 13.0 Å². The molecule has 1 saturated heterocycles. The number of nitrogens with zero attached hydrogens (tertiary/aromatic N) is 2. The fourth-order valence-electron chi connectivity index (χ4n) is 1.88. The van der Waals surface area contributed by atoms with E-state index in [-0.39, 0.29) is 6.10 Å². The van der Waals surface area contributed by atoms with Gasteiger partial charge in [0.1, 0.15) is 6.10 Å². The molecule has 92 valence electrons. The van der Waals surface area contributed by atoms with E-state index < -0.39 is 6.09 Å². The second-order valence-electron chi connectivity index (χ2n) is 3.94. The lowest BCUT2D eigenvalue weighted by Gasteiger charge is -2.31. The highest BCUT2D eigenvalue weighted by atomic mass is 79.9. The maximum atomic E-state index is 10.9. The van der Waals surface area contributed by atoms with E-state index in [0.29, 0.717) is 19.7 Å². The molecule has 0 aliphatic carbocycles. The van der Waals surface area contributed by atoms with Crippen LogP contribution < -0.4 is 0 Å². The minimum absolute atomic E-state index is 0.270. The van der Waals surface area contributed by atoms with Crippen LogP contribution in [0.2, 0.25) is 0 Å². The van der Waals surface area contributed by atoms with Crippen LogP contribution in [0.5, 0.6) is 0 Å². The van der Waals surface area contributed by atoms with Gasteiger partial charge in [0, 0.05) is 17.2 Å². The number of hydrogen-bond donors (Lipinski definition) is 1. The van der Waals surface area contributed by atoms with Gasteiger partial charge in [0.2, 0.25) is 0 Å². The van der Waals surface area contributed by atoms with Crippen LogP contribution in [0.3, 0.4) is 0 Å². The lowest BCUT2D eigenvalue weighted by molar-refractivity contribution is -0.0255. The Hall–Kier alpha value is -1.14. The molecule has 1 aromatic rings. The topological polar surface area (TPSA) is 62.7 Å². The quantitative estimate of drug-likeness (QED) is 0.864. The monoisotopic (exact) mass is 300 g/mol. The van der Waals surface area contributed by atoms with Crippen LogP contribution >= 0.6 is 15.9 Å². The van der Waals surface area contributed by atoms with Gasteiger partial charge in [-0.3, -0.25) is 4.98 Å². The summed E-state index contributed by atoms with van der Waals surface area (Å²) in [5.41, 5.74) is 1.80. The smallest absolute Gasteiger partial charge is 0.407 e. The highest BCUT2D eigenvalue weighted by Gasteiger charge is 2.26. The summed E-state index contributed by atoms with van der Waals surface area (Å²) in [4.78, 5) is 16.6. The molecule has 1 amide bonds. The van der Waals surface area contributed by atoms with Gasteiger partial charge in [-0.25, -0.2) is 4.79 Å². The van der Waals surface area contributed by atoms with Gasteiger partial charge in [-0.05, 0) is 34.5 Å². The van der Waals surface area contributed by atoms with Crippen LogP contribution in [0.25, 0.3) is 0 Å². The second kappa shape index (κ2) is 5.01. The number of hydrogen-bond acceptors (Lipinski definition) is 3. The molecule has 0 radical (unpaired) electrons. The van der Waals surface area contributed by atoms with Gasteiger partial charge < -0.3 is 14.7 Å². The van der Waals surface area contributed by atoms with Gasteiger partial charge in [-0.1, -0.05) is 0 Å². The van der Waals surface area contributed by atoms with Gasteiger partial charge in [-0.2, -0.15) is 0 Å². The van der Waals surface area contributed by atoms with E-state index in [0.717, 1.165) is 15.7 Å². The number of halogens is 1. The Balaban J connectivity index is 2.19. The molecular weight excluding hydrogens is 288 g/mol.